The van der Waals surface area contributed by atoms with Crippen LogP contribution in [-0.2, 0) is 17.8 Å². The molecule has 1 N–H and O–H groups in total. The van der Waals surface area contributed by atoms with Crippen molar-refractivity contribution in [2.75, 3.05) is 5.32 Å². The number of anilines is 1. The lowest BCUT2D eigenvalue weighted by molar-refractivity contribution is -0.111. The molecule has 0 spiro atoms. The molecule has 0 unspecified atom stereocenters. The van der Waals surface area contributed by atoms with Crippen LogP contribution in [0.2, 0.25) is 0 Å². The Hall–Kier alpha value is -3.28. The van der Waals surface area contributed by atoms with E-state index in [2.05, 4.69) is 20.1 Å². The highest BCUT2D eigenvalue weighted by Gasteiger charge is 2.17. The minimum absolute atomic E-state index is 0.225. The van der Waals surface area contributed by atoms with Gasteiger partial charge < -0.3 is 9.88 Å². The van der Waals surface area contributed by atoms with Crippen molar-refractivity contribution in [3.8, 4) is 11.4 Å². The third kappa shape index (κ3) is 4.32. The van der Waals surface area contributed by atoms with E-state index in [-0.39, 0.29) is 11.7 Å². The Morgan fingerprint density at radius 1 is 1.10 bits per heavy atom. The number of carbonyl (C=O) groups excluding carboxylic acids is 1. The molecule has 1 aliphatic rings. The third-order valence-electron chi connectivity index (χ3n) is 5.51. The van der Waals surface area contributed by atoms with Crippen LogP contribution in [0.1, 0.15) is 43.1 Å². The van der Waals surface area contributed by atoms with Crippen LogP contribution < -0.4 is 5.32 Å². The SMILES string of the molecule is C/C(=C\C(=O)Nc1cc(-c2nnc3n2CCCCC3)ccc1C)c1ccc(F)cc1. The van der Waals surface area contributed by atoms with E-state index >= 15 is 0 Å². The molecule has 0 fully saturated rings. The second-order valence-electron chi connectivity index (χ2n) is 7.76. The van der Waals surface area contributed by atoms with E-state index in [0.717, 1.165) is 65.4 Å². The Balaban J connectivity index is 1.57. The van der Waals surface area contributed by atoms with Crippen LogP contribution in [0.3, 0.4) is 0 Å². The van der Waals surface area contributed by atoms with Gasteiger partial charge in [0, 0.05) is 30.3 Å². The molecule has 3 aromatic rings. The fraction of sp³-hybridized carbons (Fsp3) is 0.292. The first-order valence-corrected chi connectivity index (χ1v) is 10.3. The Morgan fingerprint density at radius 3 is 2.70 bits per heavy atom. The van der Waals surface area contributed by atoms with Gasteiger partial charge >= 0.3 is 0 Å². The molecule has 0 atom stereocenters. The van der Waals surface area contributed by atoms with Crippen molar-refractivity contribution in [2.24, 2.45) is 0 Å². The van der Waals surface area contributed by atoms with E-state index in [1.54, 1.807) is 12.1 Å². The zero-order valence-electron chi connectivity index (χ0n) is 17.3. The van der Waals surface area contributed by atoms with Gasteiger partial charge in [0.1, 0.15) is 11.6 Å². The minimum Gasteiger partial charge on any atom is -0.322 e. The number of allylic oxidation sites excluding steroid dienone is 1. The molecule has 0 radical (unpaired) electrons. The molecule has 154 valence electrons. The number of benzene rings is 2. The quantitative estimate of drug-likeness (QED) is 0.611. The summed E-state index contributed by atoms with van der Waals surface area (Å²) < 4.78 is 15.3. The number of nitrogens with zero attached hydrogens (tertiary/aromatic N) is 3. The predicted octanol–water partition coefficient (Wildman–Crippen LogP) is 5.16. The van der Waals surface area contributed by atoms with Gasteiger partial charge in [0.05, 0.1) is 0 Å². The van der Waals surface area contributed by atoms with Crippen molar-refractivity contribution >= 4 is 17.2 Å². The van der Waals surface area contributed by atoms with Crippen molar-refractivity contribution in [2.45, 2.75) is 46.1 Å². The maximum Gasteiger partial charge on any atom is 0.248 e. The summed E-state index contributed by atoms with van der Waals surface area (Å²) in [7, 11) is 0. The Bertz CT molecular complexity index is 1100. The average molecular weight is 404 g/mol. The van der Waals surface area contributed by atoms with Crippen molar-refractivity contribution in [3.63, 3.8) is 0 Å². The topological polar surface area (TPSA) is 59.8 Å². The number of halogens is 1. The maximum absolute atomic E-state index is 13.1. The lowest BCUT2D eigenvalue weighted by atomic mass is 10.1. The lowest BCUT2D eigenvalue weighted by Crippen LogP contribution is -2.10. The molecule has 1 aliphatic heterocycles. The highest BCUT2D eigenvalue weighted by Crippen LogP contribution is 2.27. The molecular formula is C24H25FN4O. The van der Waals surface area contributed by atoms with Crippen LogP contribution in [0.15, 0.2) is 48.5 Å². The Morgan fingerprint density at radius 2 is 1.90 bits per heavy atom. The molecule has 6 heteroatoms. The molecule has 1 amide bonds. The molecule has 2 heterocycles. The zero-order chi connectivity index (χ0) is 21.1. The van der Waals surface area contributed by atoms with Crippen molar-refractivity contribution in [1.29, 1.82) is 0 Å². The smallest absolute Gasteiger partial charge is 0.248 e. The largest absolute Gasteiger partial charge is 0.322 e. The lowest BCUT2D eigenvalue weighted by Gasteiger charge is -2.11. The number of fused-ring (bicyclic) bond motifs is 1. The highest BCUT2D eigenvalue weighted by molar-refractivity contribution is 6.04. The summed E-state index contributed by atoms with van der Waals surface area (Å²) in [6, 6.07) is 12.1. The molecule has 0 saturated heterocycles. The molecule has 5 nitrogen and oxygen atoms in total. The number of hydrogen-bond acceptors (Lipinski definition) is 3. The van der Waals surface area contributed by atoms with Gasteiger partial charge in [-0.05, 0) is 61.6 Å². The second kappa shape index (κ2) is 8.61. The predicted molar refractivity (Wildman–Crippen MR) is 116 cm³/mol. The van der Waals surface area contributed by atoms with Crippen molar-refractivity contribution in [3.05, 3.63) is 71.3 Å². The van der Waals surface area contributed by atoms with Gasteiger partial charge in [0.25, 0.3) is 0 Å². The van der Waals surface area contributed by atoms with E-state index in [1.807, 2.05) is 32.0 Å². The first-order chi connectivity index (χ1) is 14.5. The van der Waals surface area contributed by atoms with Crippen LogP contribution in [0, 0.1) is 12.7 Å². The van der Waals surface area contributed by atoms with Gasteiger partial charge in [-0.1, -0.05) is 30.7 Å². The first-order valence-electron chi connectivity index (χ1n) is 10.3. The maximum atomic E-state index is 13.1. The van der Waals surface area contributed by atoms with Gasteiger partial charge in [-0.2, -0.15) is 0 Å². The number of aryl methyl sites for hydroxylation is 2. The molecule has 0 saturated carbocycles. The summed E-state index contributed by atoms with van der Waals surface area (Å²) in [6.45, 7) is 4.72. The summed E-state index contributed by atoms with van der Waals surface area (Å²) in [5, 5.41) is 11.8. The molecule has 30 heavy (non-hydrogen) atoms. The molecule has 1 aromatic heterocycles. The van der Waals surface area contributed by atoms with Gasteiger partial charge in [-0.25, -0.2) is 4.39 Å². The van der Waals surface area contributed by atoms with Crippen molar-refractivity contribution < 1.29 is 9.18 Å². The number of amides is 1. The average Bonchev–Trinajstić information content (AvgIpc) is 2.98. The summed E-state index contributed by atoms with van der Waals surface area (Å²) >= 11 is 0. The fourth-order valence-corrected chi connectivity index (χ4v) is 3.76. The summed E-state index contributed by atoms with van der Waals surface area (Å²) in [4.78, 5) is 12.6. The normalized spacial score (nSPS) is 14.2. The molecule has 4 rings (SSSR count). The fourth-order valence-electron chi connectivity index (χ4n) is 3.76. The molecule has 0 bridgehead atoms. The molecule has 0 aliphatic carbocycles. The Kier molecular flexibility index (Phi) is 5.74. The van der Waals surface area contributed by atoms with Gasteiger partial charge in [-0.3, -0.25) is 4.79 Å². The standard InChI is InChI=1S/C24H25FN4O/c1-16-7-8-19(24-28-27-22-6-4-3-5-13-29(22)24)15-21(16)26-23(30)14-17(2)18-9-11-20(25)12-10-18/h7-12,14-15H,3-6,13H2,1-2H3,(H,26,30)/b17-14+. The van der Waals surface area contributed by atoms with E-state index < -0.39 is 0 Å². The Labute approximate surface area is 175 Å². The van der Waals surface area contributed by atoms with E-state index in [4.69, 9.17) is 0 Å². The van der Waals surface area contributed by atoms with E-state index in [0.29, 0.717) is 0 Å². The van der Waals surface area contributed by atoms with Crippen LogP contribution >= 0.6 is 0 Å². The summed E-state index contributed by atoms with van der Waals surface area (Å²) in [5.74, 6) is 1.36. The van der Waals surface area contributed by atoms with Crippen LogP contribution in [0.4, 0.5) is 10.1 Å². The van der Waals surface area contributed by atoms with Gasteiger partial charge in [0.2, 0.25) is 5.91 Å². The van der Waals surface area contributed by atoms with Gasteiger partial charge in [0.15, 0.2) is 5.82 Å². The van der Waals surface area contributed by atoms with E-state index in [9.17, 15) is 9.18 Å². The van der Waals surface area contributed by atoms with Crippen LogP contribution in [-0.4, -0.2) is 20.7 Å². The number of carbonyl (C=O) groups is 1. The van der Waals surface area contributed by atoms with Crippen molar-refractivity contribution in [1.82, 2.24) is 14.8 Å². The second-order valence-corrected chi connectivity index (χ2v) is 7.76. The van der Waals surface area contributed by atoms with E-state index in [1.165, 1.54) is 24.6 Å². The number of aromatic nitrogens is 3. The van der Waals surface area contributed by atoms with Gasteiger partial charge in [-0.15, -0.1) is 10.2 Å². The summed E-state index contributed by atoms with van der Waals surface area (Å²) in [6.07, 6.45) is 5.96. The van der Waals surface area contributed by atoms with Crippen LogP contribution in [0.5, 0.6) is 0 Å². The highest BCUT2D eigenvalue weighted by atomic mass is 19.1. The molecular weight excluding hydrogens is 379 g/mol. The number of nitrogens with one attached hydrogen (secondary N) is 1. The zero-order valence-corrected chi connectivity index (χ0v) is 17.3. The summed E-state index contributed by atoms with van der Waals surface area (Å²) in [5.41, 5.74) is 4.23. The number of hydrogen-bond donors (Lipinski definition) is 1. The number of rotatable bonds is 4. The molecule has 2 aromatic carbocycles. The first kappa shape index (κ1) is 20.0. The monoisotopic (exact) mass is 404 g/mol. The third-order valence-corrected chi connectivity index (χ3v) is 5.51. The minimum atomic E-state index is -0.296. The van der Waals surface area contributed by atoms with Crippen LogP contribution in [0.25, 0.3) is 17.0 Å².